The van der Waals surface area contributed by atoms with Crippen molar-refractivity contribution < 1.29 is 13.5 Å². The molecule has 9 heteroatoms. The van der Waals surface area contributed by atoms with Crippen LogP contribution < -0.4 is 10.6 Å². The number of nitrogens with zero attached hydrogens (tertiary/aromatic N) is 4. The van der Waals surface area contributed by atoms with Gasteiger partial charge in [0.15, 0.2) is 5.82 Å². The maximum absolute atomic E-state index is 11.8. The van der Waals surface area contributed by atoms with Crippen molar-refractivity contribution in [2.45, 2.75) is 13.0 Å². The average Bonchev–Trinajstić information content (AvgIpc) is 2.55. The third-order valence-corrected chi connectivity index (χ3v) is 5.71. The standard InChI is InChI=1S/C16H21N5O3S/c1-11-10-20(7-8-21(11)25(2,23)24)14-9-13(18-19-16(14)17)12-5-3-4-6-15(12)22/h3-6,9,11,22H,7-8,10H2,1-2H3,(H2,17,19)/t11-/m0/s1. The highest BCUT2D eigenvalue weighted by atomic mass is 32.2. The van der Waals surface area contributed by atoms with Gasteiger partial charge >= 0.3 is 0 Å². The summed E-state index contributed by atoms with van der Waals surface area (Å²) >= 11 is 0. The van der Waals surface area contributed by atoms with Gasteiger partial charge < -0.3 is 15.7 Å². The van der Waals surface area contributed by atoms with Crippen LogP contribution in [0.2, 0.25) is 0 Å². The maximum Gasteiger partial charge on any atom is 0.211 e. The minimum Gasteiger partial charge on any atom is -0.507 e. The zero-order chi connectivity index (χ0) is 18.2. The molecule has 0 spiro atoms. The number of anilines is 2. The van der Waals surface area contributed by atoms with E-state index in [0.29, 0.717) is 36.6 Å². The number of hydrogen-bond donors (Lipinski definition) is 2. The molecule has 1 saturated heterocycles. The number of rotatable bonds is 3. The van der Waals surface area contributed by atoms with Gasteiger partial charge in [0.2, 0.25) is 10.0 Å². The number of nitrogen functional groups attached to an aromatic ring is 1. The Bertz CT molecular complexity index is 887. The van der Waals surface area contributed by atoms with Crippen LogP contribution in [0.5, 0.6) is 5.75 Å². The molecule has 2 aromatic rings. The van der Waals surface area contributed by atoms with E-state index in [1.807, 2.05) is 11.8 Å². The molecule has 3 rings (SSSR count). The second kappa shape index (κ2) is 6.49. The summed E-state index contributed by atoms with van der Waals surface area (Å²) in [6, 6.07) is 8.48. The highest BCUT2D eigenvalue weighted by molar-refractivity contribution is 7.88. The molecule has 1 aromatic heterocycles. The predicted molar refractivity (Wildman–Crippen MR) is 96.8 cm³/mol. The van der Waals surface area contributed by atoms with E-state index in [1.165, 1.54) is 10.6 Å². The quantitative estimate of drug-likeness (QED) is 0.833. The number of phenolic OH excluding ortho intramolecular Hbond substituents is 1. The van der Waals surface area contributed by atoms with E-state index >= 15 is 0 Å². The summed E-state index contributed by atoms with van der Waals surface area (Å²) in [6.07, 6.45) is 1.22. The molecule has 0 aliphatic carbocycles. The largest absolute Gasteiger partial charge is 0.507 e. The number of para-hydroxylation sites is 1. The Morgan fingerprint density at radius 2 is 1.96 bits per heavy atom. The first-order valence-corrected chi connectivity index (χ1v) is 9.75. The number of piperazine rings is 1. The van der Waals surface area contributed by atoms with E-state index in [4.69, 9.17) is 5.73 Å². The normalized spacial score (nSPS) is 19.1. The van der Waals surface area contributed by atoms with Crippen LogP contribution in [0.25, 0.3) is 11.3 Å². The van der Waals surface area contributed by atoms with Gasteiger partial charge in [-0.1, -0.05) is 12.1 Å². The molecular weight excluding hydrogens is 342 g/mol. The molecule has 0 radical (unpaired) electrons. The lowest BCUT2D eigenvalue weighted by Gasteiger charge is -2.39. The summed E-state index contributed by atoms with van der Waals surface area (Å²) in [5, 5.41) is 18.1. The molecular formula is C16H21N5O3S. The van der Waals surface area contributed by atoms with Crippen molar-refractivity contribution in [3.63, 3.8) is 0 Å². The van der Waals surface area contributed by atoms with E-state index in [-0.39, 0.29) is 17.6 Å². The van der Waals surface area contributed by atoms with Crippen LogP contribution in [0.15, 0.2) is 30.3 Å². The van der Waals surface area contributed by atoms with E-state index < -0.39 is 10.0 Å². The molecule has 1 aliphatic rings. The molecule has 25 heavy (non-hydrogen) atoms. The van der Waals surface area contributed by atoms with Gasteiger partial charge in [-0.3, -0.25) is 0 Å². The molecule has 0 unspecified atom stereocenters. The van der Waals surface area contributed by atoms with Crippen molar-refractivity contribution in [1.29, 1.82) is 0 Å². The van der Waals surface area contributed by atoms with Crippen LogP contribution in [0.4, 0.5) is 11.5 Å². The molecule has 2 heterocycles. The smallest absolute Gasteiger partial charge is 0.211 e. The second-order valence-corrected chi connectivity index (χ2v) is 8.12. The third kappa shape index (κ3) is 3.52. The fraction of sp³-hybridized carbons (Fsp3) is 0.375. The van der Waals surface area contributed by atoms with Gasteiger partial charge in [-0.15, -0.1) is 10.2 Å². The lowest BCUT2D eigenvalue weighted by molar-refractivity contribution is 0.309. The first-order chi connectivity index (χ1) is 11.8. The first-order valence-electron chi connectivity index (χ1n) is 7.90. The van der Waals surface area contributed by atoms with Crippen LogP contribution in [-0.2, 0) is 10.0 Å². The molecule has 8 nitrogen and oxygen atoms in total. The Morgan fingerprint density at radius 3 is 2.60 bits per heavy atom. The minimum absolute atomic E-state index is 0.114. The fourth-order valence-electron chi connectivity index (χ4n) is 3.12. The van der Waals surface area contributed by atoms with Gasteiger partial charge in [-0.05, 0) is 25.1 Å². The Hall–Kier alpha value is -2.39. The summed E-state index contributed by atoms with van der Waals surface area (Å²) in [6.45, 7) is 3.26. The van der Waals surface area contributed by atoms with Crippen molar-refractivity contribution in [2.24, 2.45) is 0 Å². The van der Waals surface area contributed by atoms with Gasteiger partial charge in [0.25, 0.3) is 0 Å². The zero-order valence-corrected chi connectivity index (χ0v) is 14.9. The van der Waals surface area contributed by atoms with E-state index in [2.05, 4.69) is 10.2 Å². The Kier molecular flexibility index (Phi) is 4.53. The number of nitrogens with two attached hydrogens (primary N) is 1. The van der Waals surface area contributed by atoms with Crippen LogP contribution in [0.1, 0.15) is 6.92 Å². The van der Waals surface area contributed by atoms with Crippen molar-refractivity contribution >= 4 is 21.5 Å². The maximum atomic E-state index is 11.8. The fourth-order valence-corrected chi connectivity index (χ4v) is 4.25. The number of hydrogen-bond acceptors (Lipinski definition) is 7. The van der Waals surface area contributed by atoms with Crippen molar-refractivity contribution in [3.05, 3.63) is 30.3 Å². The molecule has 1 atom stereocenters. The van der Waals surface area contributed by atoms with Crippen LogP contribution in [0.3, 0.4) is 0 Å². The van der Waals surface area contributed by atoms with Crippen molar-refractivity contribution in [1.82, 2.24) is 14.5 Å². The van der Waals surface area contributed by atoms with E-state index in [9.17, 15) is 13.5 Å². The summed E-state index contributed by atoms with van der Waals surface area (Å²) in [4.78, 5) is 2.00. The van der Waals surface area contributed by atoms with Gasteiger partial charge in [-0.2, -0.15) is 4.31 Å². The van der Waals surface area contributed by atoms with Gasteiger partial charge in [0.1, 0.15) is 5.75 Å². The van der Waals surface area contributed by atoms with Crippen LogP contribution in [0, 0.1) is 0 Å². The number of sulfonamides is 1. The molecule has 0 bridgehead atoms. The first kappa shape index (κ1) is 17.4. The Morgan fingerprint density at radius 1 is 1.24 bits per heavy atom. The van der Waals surface area contributed by atoms with Crippen molar-refractivity contribution in [3.8, 4) is 17.0 Å². The molecule has 1 aromatic carbocycles. The third-order valence-electron chi connectivity index (χ3n) is 4.31. The molecule has 1 aliphatic heterocycles. The predicted octanol–water partition coefficient (Wildman–Crippen LogP) is 0.902. The SMILES string of the molecule is C[C@H]1CN(c2cc(-c3ccccc3O)nnc2N)CCN1S(C)(=O)=O. The topological polar surface area (TPSA) is 113 Å². The van der Waals surface area contributed by atoms with Gasteiger partial charge in [-0.25, -0.2) is 8.42 Å². The van der Waals surface area contributed by atoms with Crippen LogP contribution >= 0.6 is 0 Å². The monoisotopic (exact) mass is 363 g/mol. The molecule has 0 saturated carbocycles. The number of aromatic hydroxyl groups is 1. The lowest BCUT2D eigenvalue weighted by Crippen LogP contribution is -2.53. The molecule has 134 valence electrons. The summed E-state index contributed by atoms with van der Waals surface area (Å²) in [5.74, 6) is 0.391. The summed E-state index contributed by atoms with van der Waals surface area (Å²) < 4.78 is 25.1. The highest BCUT2D eigenvalue weighted by Crippen LogP contribution is 2.32. The zero-order valence-electron chi connectivity index (χ0n) is 14.1. The number of phenols is 1. The summed E-state index contributed by atoms with van der Waals surface area (Å²) in [7, 11) is -3.23. The molecule has 3 N–H and O–H groups in total. The molecule has 0 amide bonds. The number of aromatic nitrogens is 2. The van der Waals surface area contributed by atoms with E-state index in [1.54, 1.807) is 30.3 Å². The minimum atomic E-state index is -3.23. The highest BCUT2D eigenvalue weighted by Gasteiger charge is 2.31. The summed E-state index contributed by atoms with van der Waals surface area (Å²) in [5.41, 5.74) is 7.76. The van der Waals surface area contributed by atoms with Crippen LogP contribution in [-0.4, -0.2) is 60.0 Å². The second-order valence-electron chi connectivity index (χ2n) is 6.19. The van der Waals surface area contributed by atoms with Gasteiger partial charge in [0.05, 0.1) is 17.6 Å². The molecule has 1 fully saturated rings. The number of benzene rings is 1. The van der Waals surface area contributed by atoms with Crippen molar-refractivity contribution in [2.75, 3.05) is 36.5 Å². The van der Waals surface area contributed by atoms with E-state index in [0.717, 1.165) is 0 Å². The Balaban J connectivity index is 1.91. The van der Waals surface area contributed by atoms with Gasteiger partial charge in [0, 0.05) is 31.2 Å². The lowest BCUT2D eigenvalue weighted by atomic mass is 10.1. The average molecular weight is 363 g/mol. The Labute approximate surface area is 146 Å².